The van der Waals surface area contributed by atoms with Gasteiger partial charge in [-0.05, 0) is 19.8 Å². The smallest absolute Gasteiger partial charge is 0.331 e. The van der Waals surface area contributed by atoms with Crippen LogP contribution in [0.1, 0.15) is 123 Å². The van der Waals surface area contributed by atoms with Crippen molar-refractivity contribution in [2.75, 3.05) is 6.54 Å². The Morgan fingerprint density at radius 1 is 0.586 bits per heavy atom. The molecule has 170 valence electrons. The molecule has 0 aliphatic rings. The highest BCUT2D eigenvalue weighted by Crippen LogP contribution is 2.13. The molecule has 0 radical (unpaired) electrons. The minimum absolute atomic E-state index is 0.188. The van der Waals surface area contributed by atoms with Crippen molar-refractivity contribution in [3.63, 3.8) is 0 Å². The summed E-state index contributed by atoms with van der Waals surface area (Å²) in [5, 5.41) is 2.84. The molecule has 6 nitrogen and oxygen atoms in total. The van der Waals surface area contributed by atoms with Crippen LogP contribution in [0, 0.1) is 0 Å². The third kappa shape index (κ3) is 20.9. The van der Waals surface area contributed by atoms with Gasteiger partial charge in [0.25, 0.3) is 5.91 Å². The van der Waals surface area contributed by atoms with Gasteiger partial charge in [-0.2, -0.15) is 5.48 Å². The van der Waals surface area contributed by atoms with E-state index in [4.69, 9.17) is 0 Å². The van der Waals surface area contributed by atoms with E-state index < -0.39 is 5.97 Å². The molecule has 2 amide bonds. The number of unbranched alkanes of at least 4 members (excludes halogenated alkanes) is 13. The average molecular weight is 413 g/mol. The lowest BCUT2D eigenvalue weighted by atomic mass is 10.0. The van der Waals surface area contributed by atoms with Crippen molar-refractivity contribution in [1.29, 1.82) is 0 Å². The lowest BCUT2D eigenvalue weighted by Crippen LogP contribution is -2.26. The zero-order valence-corrected chi connectivity index (χ0v) is 18.9. The van der Waals surface area contributed by atoms with Gasteiger partial charge >= 0.3 is 5.97 Å². The molecule has 0 spiro atoms. The third-order valence-corrected chi connectivity index (χ3v) is 5.00. The quantitative estimate of drug-likeness (QED) is 0.221. The highest BCUT2D eigenvalue weighted by molar-refractivity contribution is 5.77. The highest BCUT2D eigenvalue weighted by atomic mass is 16.7. The van der Waals surface area contributed by atoms with Crippen molar-refractivity contribution >= 4 is 17.8 Å². The van der Waals surface area contributed by atoms with Crippen molar-refractivity contribution in [3.8, 4) is 0 Å². The molecular weight excluding hydrogens is 368 g/mol. The monoisotopic (exact) mass is 412 g/mol. The topological polar surface area (TPSA) is 84.5 Å². The van der Waals surface area contributed by atoms with Crippen LogP contribution < -0.4 is 10.8 Å². The van der Waals surface area contributed by atoms with Crippen molar-refractivity contribution in [2.45, 2.75) is 123 Å². The predicted octanol–water partition coefficient (Wildman–Crippen LogP) is 5.35. The fraction of sp³-hybridized carbons (Fsp3) is 0.870. The molecule has 29 heavy (non-hydrogen) atoms. The molecule has 0 aromatic heterocycles. The standard InChI is InChI=1S/C23H44N2O4/c1-3-23(28)29-25-22(27)20-18-16-14-12-10-8-6-5-7-9-11-13-15-17-19-21(26)24-4-2/h3-20H2,1-2H3,(H,24,26)(H,25,27). The van der Waals surface area contributed by atoms with E-state index in [1.165, 1.54) is 64.2 Å². The van der Waals surface area contributed by atoms with Crippen LogP contribution in [-0.4, -0.2) is 24.3 Å². The van der Waals surface area contributed by atoms with E-state index >= 15 is 0 Å². The van der Waals surface area contributed by atoms with Crippen molar-refractivity contribution < 1.29 is 19.2 Å². The molecule has 0 aromatic carbocycles. The fourth-order valence-corrected chi connectivity index (χ4v) is 3.22. The Morgan fingerprint density at radius 3 is 1.34 bits per heavy atom. The number of hydrogen-bond acceptors (Lipinski definition) is 4. The van der Waals surface area contributed by atoms with E-state index in [0.29, 0.717) is 12.8 Å². The first-order chi connectivity index (χ1) is 14.1. The molecule has 0 aliphatic carbocycles. The molecule has 0 rings (SSSR count). The van der Waals surface area contributed by atoms with Crippen LogP contribution in [0.4, 0.5) is 0 Å². The number of rotatable bonds is 19. The molecule has 2 N–H and O–H groups in total. The number of amides is 2. The van der Waals surface area contributed by atoms with E-state index in [-0.39, 0.29) is 18.2 Å². The second-order valence-electron chi connectivity index (χ2n) is 7.76. The molecule has 0 saturated heterocycles. The van der Waals surface area contributed by atoms with Crippen LogP contribution in [0.25, 0.3) is 0 Å². The lowest BCUT2D eigenvalue weighted by molar-refractivity contribution is -0.158. The predicted molar refractivity (Wildman–Crippen MR) is 117 cm³/mol. The Hall–Kier alpha value is -1.59. The van der Waals surface area contributed by atoms with Gasteiger partial charge in [-0.1, -0.05) is 84.0 Å². The molecule has 0 saturated carbocycles. The molecule has 0 unspecified atom stereocenters. The van der Waals surface area contributed by atoms with Gasteiger partial charge in [0.05, 0.1) is 0 Å². The first kappa shape index (κ1) is 27.4. The second-order valence-corrected chi connectivity index (χ2v) is 7.76. The van der Waals surface area contributed by atoms with E-state index in [9.17, 15) is 14.4 Å². The van der Waals surface area contributed by atoms with Crippen LogP contribution in [0.15, 0.2) is 0 Å². The summed E-state index contributed by atoms with van der Waals surface area (Å²) >= 11 is 0. The summed E-state index contributed by atoms with van der Waals surface area (Å²) < 4.78 is 0. The molecule has 0 bridgehead atoms. The van der Waals surface area contributed by atoms with E-state index in [1.807, 2.05) is 6.92 Å². The van der Waals surface area contributed by atoms with Gasteiger partial charge in [0.2, 0.25) is 5.91 Å². The van der Waals surface area contributed by atoms with Gasteiger partial charge in [-0.25, -0.2) is 4.79 Å². The maximum atomic E-state index is 11.4. The molecule has 0 heterocycles. The summed E-state index contributed by atoms with van der Waals surface area (Å²) in [4.78, 5) is 38.3. The lowest BCUT2D eigenvalue weighted by Gasteiger charge is -2.05. The summed E-state index contributed by atoms with van der Waals surface area (Å²) in [5.41, 5.74) is 2.19. The number of hydrogen-bond donors (Lipinski definition) is 2. The molecular formula is C23H44N2O4. The molecule has 6 heteroatoms. The number of carbonyl (C=O) groups is 3. The van der Waals surface area contributed by atoms with Crippen LogP contribution >= 0.6 is 0 Å². The van der Waals surface area contributed by atoms with Gasteiger partial charge in [-0.15, -0.1) is 0 Å². The summed E-state index contributed by atoms with van der Waals surface area (Å²) in [7, 11) is 0. The molecule has 0 aromatic rings. The van der Waals surface area contributed by atoms with Crippen molar-refractivity contribution in [3.05, 3.63) is 0 Å². The second kappa shape index (κ2) is 21.1. The fourth-order valence-electron chi connectivity index (χ4n) is 3.22. The van der Waals surface area contributed by atoms with Crippen molar-refractivity contribution in [1.82, 2.24) is 10.8 Å². The molecule has 0 fully saturated rings. The zero-order chi connectivity index (χ0) is 21.6. The minimum Gasteiger partial charge on any atom is -0.356 e. The Kier molecular flexibility index (Phi) is 20.0. The van der Waals surface area contributed by atoms with Gasteiger partial charge in [-0.3, -0.25) is 9.59 Å². The first-order valence-electron chi connectivity index (χ1n) is 11.8. The Bertz CT molecular complexity index is 427. The summed E-state index contributed by atoms with van der Waals surface area (Å²) in [6.07, 6.45) is 18.3. The van der Waals surface area contributed by atoms with Crippen molar-refractivity contribution in [2.24, 2.45) is 0 Å². The van der Waals surface area contributed by atoms with Gasteiger partial charge < -0.3 is 10.2 Å². The van der Waals surface area contributed by atoms with Crippen LogP contribution in [0.5, 0.6) is 0 Å². The molecule has 0 atom stereocenters. The summed E-state index contributed by atoms with van der Waals surface area (Å²) in [6.45, 7) is 4.38. The first-order valence-corrected chi connectivity index (χ1v) is 11.8. The van der Waals surface area contributed by atoms with Crippen LogP contribution in [-0.2, 0) is 19.2 Å². The summed E-state index contributed by atoms with van der Waals surface area (Å²) in [6, 6.07) is 0. The van der Waals surface area contributed by atoms with Gasteiger partial charge in [0.1, 0.15) is 0 Å². The van der Waals surface area contributed by atoms with Gasteiger partial charge in [0, 0.05) is 25.8 Å². The Morgan fingerprint density at radius 2 is 0.966 bits per heavy atom. The Labute approximate surface area is 177 Å². The highest BCUT2D eigenvalue weighted by Gasteiger charge is 2.04. The largest absolute Gasteiger partial charge is 0.356 e. The number of carbonyl (C=O) groups excluding carboxylic acids is 3. The number of nitrogens with one attached hydrogen (secondary N) is 2. The number of hydroxylamine groups is 1. The van der Waals surface area contributed by atoms with E-state index in [1.54, 1.807) is 6.92 Å². The van der Waals surface area contributed by atoms with E-state index in [2.05, 4.69) is 15.6 Å². The summed E-state index contributed by atoms with van der Waals surface area (Å²) in [5.74, 6) is -0.437. The maximum absolute atomic E-state index is 11.4. The van der Waals surface area contributed by atoms with Crippen LogP contribution in [0.3, 0.4) is 0 Å². The van der Waals surface area contributed by atoms with E-state index in [0.717, 1.165) is 32.2 Å². The van der Waals surface area contributed by atoms with Gasteiger partial charge in [0.15, 0.2) is 0 Å². The Balaban J connectivity index is 3.18. The average Bonchev–Trinajstić information content (AvgIpc) is 2.71. The van der Waals surface area contributed by atoms with Crippen LogP contribution in [0.2, 0.25) is 0 Å². The normalized spacial score (nSPS) is 10.6. The maximum Gasteiger partial charge on any atom is 0.331 e. The third-order valence-electron chi connectivity index (χ3n) is 5.00. The SMILES string of the molecule is CCNC(=O)CCCCCCCCCCCCCCCCC(=O)NOC(=O)CC. The molecule has 0 aliphatic heterocycles. The minimum atomic E-state index is -0.411. The zero-order valence-electron chi connectivity index (χ0n) is 18.9.